The zero-order chi connectivity index (χ0) is 13.8. The molecule has 0 saturated heterocycles. The maximum Gasteiger partial charge on any atom is 0.134 e. The molecule has 0 spiro atoms. The van der Waals surface area contributed by atoms with Gasteiger partial charge in [0.15, 0.2) is 0 Å². The van der Waals surface area contributed by atoms with Gasteiger partial charge < -0.3 is 10.5 Å². The number of nitrogen functional groups attached to an aromatic ring is 1. The van der Waals surface area contributed by atoms with Crippen LogP contribution in [0.5, 0.6) is 5.75 Å². The van der Waals surface area contributed by atoms with Gasteiger partial charge in [-0.3, -0.25) is 0 Å². The van der Waals surface area contributed by atoms with Crippen molar-refractivity contribution in [2.24, 2.45) is 0 Å². The van der Waals surface area contributed by atoms with Crippen LogP contribution in [0.2, 0.25) is 10.0 Å². The first-order valence-corrected chi connectivity index (χ1v) is 7.34. The van der Waals surface area contributed by atoms with Crippen LogP contribution in [-0.2, 0) is 5.75 Å². The van der Waals surface area contributed by atoms with Crippen molar-refractivity contribution in [2.45, 2.75) is 10.6 Å². The van der Waals surface area contributed by atoms with Crippen molar-refractivity contribution in [1.29, 1.82) is 0 Å². The highest BCUT2D eigenvalue weighted by molar-refractivity contribution is 7.98. The fourth-order valence-electron chi connectivity index (χ4n) is 1.61. The second kappa shape index (κ2) is 6.42. The average Bonchev–Trinajstić information content (AvgIpc) is 2.40. The monoisotopic (exact) mass is 313 g/mol. The molecule has 19 heavy (non-hydrogen) atoms. The minimum absolute atomic E-state index is 0.682. The molecule has 2 aromatic carbocycles. The van der Waals surface area contributed by atoms with Crippen molar-refractivity contribution >= 4 is 40.7 Å². The Bertz CT molecular complexity index is 590. The topological polar surface area (TPSA) is 35.2 Å². The second-order valence-corrected chi connectivity index (χ2v) is 5.80. The Hall–Kier alpha value is -1.03. The lowest BCUT2D eigenvalue weighted by molar-refractivity contribution is 0.405. The van der Waals surface area contributed by atoms with Gasteiger partial charge in [-0.05, 0) is 35.9 Å². The smallest absolute Gasteiger partial charge is 0.134 e. The van der Waals surface area contributed by atoms with Crippen molar-refractivity contribution in [3.63, 3.8) is 0 Å². The second-order valence-electron chi connectivity index (χ2n) is 3.93. The highest BCUT2D eigenvalue weighted by atomic mass is 35.5. The molecule has 2 nitrogen and oxygen atoms in total. The quantitative estimate of drug-likeness (QED) is 0.645. The van der Waals surface area contributed by atoms with Crippen LogP contribution in [0.25, 0.3) is 0 Å². The summed E-state index contributed by atoms with van der Waals surface area (Å²) in [5.74, 6) is 1.49. The number of ether oxygens (including phenoxy) is 1. The van der Waals surface area contributed by atoms with Crippen LogP contribution in [-0.4, -0.2) is 7.11 Å². The number of hydrogen-bond donors (Lipinski definition) is 1. The van der Waals surface area contributed by atoms with Gasteiger partial charge in [0.1, 0.15) is 5.75 Å². The van der Waals surface area contributed by atoms with Crippen molar-refractivity contribution in [3.05, 3.63) is 52.0 Å². The van der Waals surface area contributed by atoms with Crippen LogP contribution >= 0.6 is 35.0 Å². The Balaban J connectivity index is 2.16. The van der Waals surface area contributed by atoms with E-state index in [0.717, 1.165) is 22.0 Å². The normalized spacial score (nSPS) is 10.5. The van der Waals surface area contributed by atoms with Crippen LogP contribution in [0.1, 0.15) is 5.56 Å². The number of nitrogens with two attached hydrogens (primary N) is 1. The SMILES string of the molecule is COc1cc(N)ccc1SCc1cc(Cl)ccc1Cl. The van der Waals surface area contributed by atoms with E-state index in [1.807, 2.05) is 24.3 Å². The molecule has 0 heterocycles. The Morgan fingerprint density at radius 3 is 2.68 bits per heavy atom. The van der Waals surface area contributed by atoms with Crippen LogP contribution in [0.15, 0.2) is 41.3 Å². The third-order valence-electron chi connectivity index (χ3n) is 2.58. The number of halogens is 2. The third-order valence-corrected chi connectivity index (χ3v) is 4.29. The van der Waals surface area contributed by atoms with Gasteiger partial charge in [0.05, 0.1) is 7.11 Å². The van der Waals surface area contributed by atoms with Crippen LogP contribution in [0.3, 0.4) is 0 Å². The van der Waals surface area contributed by atoms with E-state index in [4.69, 9.17) is 33.7 Å². The molecule has 2 aromatic rings. The van der Waals surface area contributed by atoms with E-state index < -0.39 is 0 Å². The van der Waals surface area contributed by atoms with Crippen LogP contribution in [0, 0.1) is 0 Å². The molecule has 0 aliphatic carbocycles. The summed E-state index contributed by atoms with van der Waals surface area (Å²) in [5, 5.41) is 1.40. The zero-order valence-electron chi connectivity index (χ0n) is 10.3. The van der Waals surface area contributed by atoms with Crippen molar-refractivity contribution in [1.82, 2.24) is 0 Å². The minimum atomic E-state index is 0.682. The maximum atomic E-state index is 6.14. The zero-order valence-corrected chi connectivity index (χ0v) is 12.6. The molecule has 0 unspecified atom stereocenters. The van der Waals surface area contributed by atoms with E-state index in [1.165, 1.54) is 0 Å². The van der Waals surface area contributed by atoms with E-state index in [9.17, 15) is 0 Å². The van der Waals surface area contributed by atoms with Gasteiger partial charge in [-0.2, -0.15) is 0 Å². The highest BCUT2D eigenvalue weighted by Gasteiger charge is 2.07. The lowest BCUT2D eigenvalue weighted by Crippen LogP contribution is -1.91. The summed E-state index contributed by atoms with van der Waals surface area (Å²) >= 11 is 13.7. The largest absolute Gasteiger partial charge is 0.496 e. The first-order chi connectivity index (χ1) is 9.10. The van der Waals surface area contributed by atoms with E-state index >= 15 is 0 Å². The molecule has 0 amide bonds. The van der Waals surface area contributed by atoms with Gasteiger partial charge >= 0.3 is 0 Å². The number of methoxy groups -OCH3 is 1. The third kappa shape index (κ3) is 3.72. The Morgan fingerprint density at radius 2 is 1.95 bits per heavy atom. The molecule has 0 bridgehead atoms. The van der Waals surface area contributed by atoms with E-state index in [2.05, 4.69) is 0 Å². The summed E-state index contributed by atoms with van der Waals surface area (Å²) in [7, 11) is 1.63. The summed E-state index contributed by atoms with van der Waals surface area (Å²) in [6.45, 7) is 0. The average molecular weight is 314 g/mol. The highest BCUT2D eigenvalue weighted by Crippen LogP contribution is 2.35. The molecule has 0 fully saturated rings. The van der Waals surface area contributed by atoms with Gasteiger partial charge in [-0.25, -0.2) is 0 Å². The molecule has 0 saturated carbocycles. The number of hydrogen-bond acceptors (Lipinski definition) is 3. The lowest BCUT2D eigenvalue weighted by Gasteiger charge is -2.10. The molecular formula is C14H13Cl2NOS. The Kier molecular flexibility index (Phi) is 4.86. The van der Waals surface area contributed by atoms with E-state index in [1.54, 1.807) is 31.0 Å². The standard InChI is InChI=1S/C14H13Cl2NOS/c1-18-13-7-11(17)3-5-14(13)19-8-9-6-10(15)2-4-12(9)16/h2-7H,8,17H2,1H3. The Labute approximate surface area is 126 Å². The van der Waals surface area contributed by atoms with Gasteiger partial charge in [-0.1, -0.05) is 23.2 Å². The summed E-state index contributed by atoms with van der Waals surface area (Å²) in [4.78, 5) is 1.02. The van der Waals surface area contributed by atoms with Crippen molar-refractivity contribution in [2.75, 3.05) is 12.8 Å². The van der Waals surface area contributed by atoms with E-state index in [-0.39, 0.29) is 0 Å². The lowest BCUT2D eigenvalue weighted by atomic mass is 10.2. The molecule has 2 N–H and O–H groups in total. The van der Waals surface area contributed by atoms with Gasteiger partial charge in [0.25, 0.3) is 0 Å². The molecule has 0 radical (unpaired) electrons. The number of rotatable bonds is 4. The van der Waals surface area contributed by atoms with Gasteiger partial charge in [0, 0.05) is 32.4 Å². The molecule has 0 atom stereocenters. The molecular weight excluding hydrogens is 301 g/mol. The Morgan fingerprint density at radius 1 is 1.16 bits per heavy atom. The molecule has 5 heteroatoms. The number of benzene rings is 2. The summed E-state index contributed by atoms with van der Waals surface area (Å²) in [6, 6.07) is 11.1. The molecule has 0 aromatic heterocycles. The molecule has 100 valence electrons. The van der Waals surface area contributed by atoms with E-state index in [0.29, 0.717) is 15.7 Å². The fourth-order valence-corrected chi connectivity index (χ4v) is 3.07. The first kappa shape index (κ1) is 14.4. The van der Waals surface area contributed by atoms with Gasteiger partial charge in [0.2, 0.25) is 0 Å². The summed E-state index contributed by atoms with van der Waals surface area (Å²) in [5.41, 5.74) is 7.41. The van der Waals surface area contributed by atoms with Crippen molar-refractivity contribution < 1.29 is 4.74 Å². The predicted octanol–water partition coefficient (Wildman–Crippen LogP) is 4.88. The van der Waals surface area contributed by atoms with Crippen LogP contribution in [0.4, 0.5) is 5.69 Å². The summed E-state index contributed by atoms with van der Waals surface area (Å²) < 4.78 is 5.31. The number of thioether (sulfide) groups is 1. The maximum absolute atomic E-state index is 6.14. The molecule has 0 aliphatic rings. The van der Waals surface area contributed by atoms with Crippen LogP contribution < -0.4 is 10.5 Å². The summed E-state index contributed by atoms with van der Waals surface area (Å²) in [6.07, 6.45) is 0. The molecule has 0 aliphatic heterocycles. The predicted molar refractivity (Wildman–Crippen MR) is 83.4 cm³/mol. The molecule has 2 rings (SSSR count). The first-order valence-electron chi connectivity index (χ1n) is 5.60. The van der Waals surface area contributed by atoms with Gasteiger partial charge in [-0.15, -0.1) is 11.8 Å². The number of anilines is 1. The minimum Gasteiger partial charge on any atom is -0.496 e. The fraction of sp³-hybridized carbons (Fsp3) is 0.143. The van der Waals surface area contributed by atoms with Crippen molar-refractivity contribution in [3.8, 4) is 5.75 Å².